The van der Waals surface area contributed by atoms with Gasteiger partial charge in [0.25, 0.3) is 5.69 Å². The van der Waals surface area contributed by atoms with Crippen LogP contribution in [0.4, 0.5) is 10.5 Å². The predicted octanol–water partition coefficient (Wildman–Crippen LogP) is 9.52. The highest BCUT2D eigenvalue weighted by Gasteiger charge is 2.59. The molecule has 8 atom stereocenters. The lowest BCUT2D eigenvalue weighted by Gasteiger charge is -2.58. The van der Waals surface area contributed by atoms with Crippen LogP contribution in [0.1, 0.15) is 105 Å². The molecular formula is C34H49NO5. The lowest BCUT2D eigenvalue weighted by atomic mass is 9.47. The van der Waals surface area contributed by atoms with Gasteiger partial charge in [-0.2, -0.15) is 0 Å². The molecular weight excluding hydrogens is 502 g/mol. The molecule has 1 unspecified atom stereocenters. The number of nitrogens with zero attached hydrogens (tertiary/aromatic N) is 1. The van der Waals surface area contributed by atoms with Crippen LogP contribution in [0.15, 0.2) is 35.9 Å². The molecule has 3 fully saturated rings. The maximum atomic E-state index is 12.5. The smallest absolute Gasteiger partial charge is 0.430 e. The van der Waals surface area contributed by atoms with E-state index in [1.807, 2.05) is 0 Å². The highest BCUT2D eigenvalue weighted by atomic mass is 16.7. The first-order chi connectivity index (χ1) is 19.0. The van der Waals surface area contributed by atoms with Gasteiger partial charge in [-0.25, -0.2) is 4.79 Å². The average molecular weight is 552 g/mol. The van der Waals surface area contributed by atoms with Crippen molar-refractivity contribution in [3.8, 4) is 5.75 Å². The number of hydrogen-bond acceptors (Lipinski definition) is 5. The van der Waals surface area contributed by atoms with Gasteiger partial charge in [-0.1, -0.05) is 65.5 Å². The van der Waals surface area contributed by atoms with Crippen molar-refractivity contribution in [2.24, 2.45) is 46.3 Å². The maximum Gasteiger partial charge on any atom is 0.514 e. The third-order valence-electron chi connectivity index (χ3n) is 11.8. The van der Waals surface area contributed by atoms with Gasteiger partial charge in [0.05, 0.1) is 4.92 Å². The average Bonchev–Trinajstić information content (AvgIpc) is 3.26. The van der Waals surface area contributed by atoms with Crippen LogP contribution in [0.3, 0.4) is 0 Å². The van der Waals surface area contributed by atoms with Crippen LogP contribution in [0, 0.1) is 56.5 Å². The van der Waals surface area contributed by atoms with Crippen molar-refractivity contribution in [1.82, 2.24) is 0 Å². The van der Waals surface area contributed by atoms with Crippen LogP contribution in [-0.4, -0.2) is 17.2 Å². The van der Waals surface area contributed by atoms with E-state index in [2.05, 4.69) is 40.7 Å². The number of nitro benzene ring substituents is 1. The van der Waals surface area contributed by atoms with E-state index in [1.54, 1.807) is 0 Å². The molecule has 0 aromatic heterocycles. The second-order valence-electron chi connectivity index (χ2n) is 14.4. The van der Waals surface area contributed by atoms with E-state index in [4.69, 9.17) is 9.47 Å². The van der Waals surface area contributed by atoms with Gasteiger partial charge in [0.1, 0.15) is 11.9 Å². The van der Waals surface area contributed by atoms with Gasteiger partial charge in [-0.3, -0.25) is 10.1 Å². The van der Waals surface area contributed by atoms with E-state index in [0.29, 0.717) is 5.41 Å². The number of nitro groups is 1. The summed E-state index contributed by atoms with van der Waals surface area (Å²) in [5, 5.41) is 10.9. The largest absolute Gasteiger partial charge is 0.514 e. The summed E-state index contributed by atoms with van der Waals surface area (Å²) < 4.78 is 11.1. The number of carbonyl (C=O) groups excluding carboxylic acids is 1. The molecule has 40 heavy (non-hydrogen) atoms. The lowest BCUT2D eigenvalue weighted by molar-refractivity contribution is -0.384. The Labute approximate surface area is 240 Å². The second-order valence-corrected chi connectivity index (χ2v) is 14.4. The summed E-state index contributed by atoms with van der Waals surface area (Å²) in [6.45, 7) is 12.4. The highest BCUT2D eigenvalue weighted by molar-refractivity contribution is 5.64. The van der Waals surface area contributed by atoms with Crippen molar-refractivity contribution in [3.05, 3.63) is 46.0 Å². The van der Waals surface area contributed by atoms with Crippen LogP contribution >= 0.6 is 0 Å². The van der Waals surface area contributed by atoms with Gasteiger partial charge in [0.15, 0.2) is 0 Å². The van der Waals surface area contributed by atoms with Crippen molar-refractivity contribution in [1.29, 1.82) is 0 Å². The van der Waals surface area contributed by atoms with Gasteiger partial charge in [-0.15, -0.1) is 0 Å². The van der Waals surface area contributed by atoms with E-state index < -0.39 is 11.1 Å². The molecule has 1 aromatic carbocycles. The third-order valence-corrected chi connectivity index (χ3v) is 11.8. The molecule has 0 radical (unpaired) electrons. The minimum atomic E-state index is -0.732. The van der Waals surface area contributed by atoms with E-state index in [1.165, 1.54) is 81.2 Å². The van der Waals surface area contributed by atoms with Crippen molar-refractivity contribution >= 4 is 11.8 Å². The fourth-order valence-electron chi connectivity index (χ4n) is 9.64. The molecule has 1 aromatic rings. The van der Waals surface area contributed by atoms with Gasteiger partial charge in [0.2, 0.25) is 0 Å². The van der Waals surface area contributed by atoms with Crippen molar-refractivity contribution in [2.75, 3.05) is 0 Å². The normalized spacial score (nSPS) is 35.6. The Morgan fingerprint density at radius 2 is 1.77 bits per heavy atom. The molecule has 0 N–H and O–H groups in total. The SMILES string of the molecule is CC(C)CCC[C@@H](C)[C@H]1CC[C@H]2[C@@H]3CC=C4CC(OC(=O)Oc5ccc([N+](=O)[O-])cc5)CC[C@]4(C)[C@H]3CC[C@]12C. The molecule has 0 aliphatic heterocycles. The molecule has 3 saturated carbocycles. The molecule has 0 spiro atoms. The Morgan fingerprint density at radius 3 is 2.48 bits per heavy atom. The number of carbonyl (C=O) groups is 1. The topological polar surface area (TPSA) is 78.7 Å². The van der Waals surface area contributed by atoms with Gasteiger partial charge in [-0.05, 0) is 103 Å². The van der Waals surface area contributed by atoms with Crippen LogP contribution in [0.5, 0.6) is 5.75 Å². The molecule has 0 bridgehead atoms. The molecule has 6 nitrogen and oxygen atoms in total. The highest BCUT2D eigenvalue weighted by Crippen LogP contribution is 2.67. The zero-order valence-electron chi connectivity index (χ0n) is 25.2. The number of allylic oxidation sites excluding steroid dienone is 1. The van der Waals surface area contributed by atoms with Gasteiger partial charge >= 0.3 is 6.16 Å². The lowest BCUT2D eigenvalue weighted by Crippen LogP contribution is -2.51. The summed E-state index contributed by atoms with van der Waals surface area (Å²) in [5.41, 5.74) is 2.13. The summed E-state index contributed by atoms with van der Waals surface area (Å²) in [7, 11) is 0. The molecule has 220 valence electrons. The number of non-ortho nitro benzene ring substituents is 1. The van der Waals surface area contributed by atoms with Crippen LogP contribution in [0.2, 0.25) is 0 Å². The first-order valence-corrected chi connectivity index (χ1v) is 15.8. The summed E-state index contributed by atoms with van der Waals surface area (Å²) in [5.74, 6) is 5.11. The van der Waals surface area contributed by atoms with E-state index in [-0.39, 0.29) is 23.0 Å². The van der Waals surface area contributed by atoms with Crippen molar-refractivity contribution in [2.45, 2.75) is 111 Å². The Kier molecular flexibility index (Phi) is 8.37. The molecule has 0 heterocycles. The van der Waals surface area contributed by atoms with E-state index in [0.717, 1.165) is 54.8 Å². The summed E-state index contributed by atoms with van der Waals surface area (Å²) in [6.07, 6.45) is 15.1. The number of ether oxygens (including phenoxy) is 2. The first-order valence-electron chi connectivity index (χ1n) is 15.8. The fraction of sp³-hybridized carbons (Fsp3) is 0.735. The van der Waals surface area contributed by atoms with Crippen LogP contribution < -0.4 is 4.74 Å². The van der Waals surface area contributed by atoms with Crippen molar-refractivity contribution < 1.29 is 19.2 Å². The van der Waals surface area contributed by atoms with E-state index >= 15 is 0 Å². The quantitative estimate of drug-likeness (QED) is 0.106. The standard InChI is InChI=1S/C34H49NO5/c1-22(2)7-6-8-23(3)29-15-16-30-28-14-9-24-21-27(17-19-33(24,4)31(28)18-20-34(29,30)5)40-32(36)39-26-12-10-25(11-13-26)35(37)38/h9-13,22-23,27-31H,6-8,14-21H2,1-5H3/t23-,27?,28+,29-,30+,31+,33+,34-/m1/s1. The Morgan fingerprint density at radius 1 is 1.02 bits per heavy atom. The van der Waals surface area contributed by atoms with Crippen LogP contribution in [-0.2, 0) is 4.74 Å². The Bertz CT molecular complexity index is 1110. The van der Waals surface area contributed by atoms with Crippen molar-refractivity contribution in [3.63, 3.8) is 0 Å². The van der Waals surface area contributed by atoms with E-state index in [9.17, 15) is 14.9 Å². The summed E-state index contributed by atoms with van der Waals surface area (Å²) >= 11 is 0. The molecule has 5 rings (SSSR count). The summed E-state index contributed by atoms with van der Waals surface area (Å²) in [4.78, 5) is 22.9. The Balaban J connectivity index is 1.20. The van der Waals surface area contributed by atoms with Gasteiger partial charge in [0, 0.05) is 18.6 Å². The fourth-order valence-corrected chi connectivity index (χ4v) is 9.64. The van der Waals surface area contributed by atoms with Crippen LogP contribution in [0.25, 0.3) is 0 Å². The molecule has 0 amide bonds. The first kappa shape index (κ1) is 29.1. The second kappa shape index (κ2) is 11.5. The molecule has 6 heteroatoms. The zero-order chi connectivity index (χ0) is 28.7. The minimum Gasteiger partial charge on any atom is -0.430 e. The monoisotopic (exact) mass is 551 g/mol. The maximum absolute atomic E-state index is 12.5. The summed E-state index contributed by atoms with van der Waals surface area (Å²) in [6, 6.07) is 5.51. The molecule has 4 aliphatic rings. The predicted molar refractivity (Wildman–Crippen MR) is 157 cm³/mol. The number of hydrogen-bond donors (Lipinski definition) is 0. The third kappa shape index (κ3) is 5.56. The molecule has 4 aliphatic carbocycles. The number of rotatable bonds is 8. The Hall–Kier alpha value is -2.37. The number of fused-ring (bicyclic) bond motifs is 5. The molecule has 0 saturated heterocycles. The zero-order valence-corrected chi connectivity index (χ0v) is 25.2. The minimum absolute atomic E-state index is 0.0397. The number of benzene rings is 1. The van der Waals surface area contributed by atoms with Gasteiger partial charge < -0.3 is 9.47 Å².